The van der Waals surface area contributed by atoms with E-state index in [1.165, 1.54) is 6.42 Å². The smallest absolute Gasteiger partial charge is 0.193 e. The minimum absolute atomic E-state index is 0.182. The summed E-state index contributed by atoms with van der Waals surface area (Å²) in [6, 6.07) is 8.10. The Labute approximate surface area is 121 Å². The van der Waals surface area contributed by atoms with E-state index >= 15 is 0 Å². The first-order valence-electron chi connectivity index (χ1n) is 7.24. The monoisotopic (exact) mass is 275 g/mol. The SMILES string of the molecule is CC(C)Oc1ccc(NC(N)=NC2CCC2(C)C)cc1. The van der Waals surface area contributed by atoms with E-state index in [0.29, 0.717) is 12.0 Å². The fourth-order valence-corrected chi connectivity index (χ4v) is 2.33. The Kier molecular flexibility index (Phi) is 4.21. The number of nitrogens with one attached hydrogen (secondary N) is 1. The third-order valence-electron chi connectivity index (χ3n) is 3.76. The van der Waals surface area contributed by atoms with E-state index in [2.05, 4.69) is 24.2 Å². The zero-order chi connectivity index (χ0) is 14.8. The van der Waals surface area contributed by atoms with Crippen molar-refractivity contribution in [3.05, 3.63) is 24.3 Å². The van der Waals surface area contributed by atoms with Crippen molar-refractivity contribution in [3.63, 3.8) is 0 Å². The molecule has 3 N–H and O–H groups in total. The Morgan fingerprint density at radius 1 is 1.35 bits per heavy atom. The highest BCUT2D eigenvalue weighted by molar-refractivity contribution is 5.92. The number of aliphatic imine (C=N–C) groups is 1. The van der Waals surface area contributed by atoms with E-state index in [-0.39, 0.29) is 11.5 Å². The van der Waals surface area contributed by atoms with Gasteiger partial charge in [-0.2, -0.15) is 0 Å². The molecule has 0 spiro atoms. The van der Waals surface area contributed by atoms with Crippen molar-refractivity contribution in [2.45, 2.75) is 52.7 Å². The van der Waals surface area contributed by atoms with Crippen LogP contribution in [0.25, 0.3) is 0 Å². The second-order valence-corrected chi connectivity index (χ2v) is 6.37. The number of hydrogen-bond donors (Lipinski definition) is 2. The average Bonchev–Trinajstić information content (AvgIpc) is 2.37. The summed E-state index contributed by atoms with van der Waals surface area (Å²) >= 11 is 0. The molecule has 2 rings (SSSR count). The minimum Gasteiger partial charge on any atom is -0.491 e. The lowest BCUT2D eigenvalue weighted by atomic mass is 9.68. The lowest BCUT2D eigenvalue weighted by Gasteiger charge is -2.41. The van der Waals surface area contributed by atoms with Crippen molar-refractivity contribution >= 4 is 11.6 Å². The van der Waals surface area contributed by atoms with Gasteiger partial charge in [-0.15, -0.1) is 0 Å². The van der Waals surface area contributed by atoms with Gasteiger partial charge in [0.05, 0.1) is 12.1 Å². The lowest BCUT2D eigenvalue weighted by Crippen LogP contribution is -2.40. The molecule has 1 saturated carbocycles. The maximum absolute atomic E-state index is 5.96. The molecule has 0 aromatic heterocycles. The Bertz CT molecular complexity index is 477. The summed E-state index contributed by atoms with van der Waals surface area (Å²) in [6.07, 6.45) is 2.52. The highest BCUT2D eigenvalue weighted by atomic mass is 16.5. The van der Waals surface area contributed by atoms with Gasteiger partial charge in [-0.1, -0.05) is 13.8 Å². The predicted molar refractivity (Wildman–Crippen MR) is 84.3 cm³/mol. The number of benzene rings is 1. The second-order valence-electron chi connectivity index (χ2n) is 6.37. The third kappa shape index (κ3) is 3.65. The quantitative estimate of drug-likeness (QED) is 0.654. The number of ether oxygens (including phenoxy) is 1. The Morgan fingerprint density at radius 3 is 2.45 bits per heavy atom. The Morgan fingerprint density at radius 2 is 2.00 bits per heavy atom. The number of nitrogens with zero attached hydrogens (tertiary/aromatic N) is 1. The summed E-state index contributed by atoms with van der Waals surface area (Å²) in [7, 11) is 0. The van der Waals surface area contributed by atoms with E-state index in [9.17, 15) is 0 Å². The molecule has 20 heavy (non-hydrogen) atoms. The molecule has 0 heterocycles. The maximum atomic E-state index is 5.96. The van der Waals surface area contributed by atoms with Crippen LogP contribution in [0.5, 0.6) is 5.75 Å². The van der Waals surface area contributed by atoms with Crippen LogP contribution in [0.4, 0.5) is 5.69 Å². The first-order valence-corrected chi connectivity index (χ1v) is 7.24. The number of anilines is 1. The van der Waals surface area contributed by atoms with Crippen LogP contribution in [0.1, 0.15) is 40.5 Å². The maximum Gasteiger partial charge on any atom is 0.193 e. The van der Waals surface area contributed by atoms with Gasteiger partial charge >= 0.3 is 0 Å². The molecule has 1 aliphatic carbocycles. The highest BCUT2D eigenvalue weighted by Gasteiger charge is 2.38. The summed E-state index contributed by atoms with van der Waals surface area (Å²) in [5.41, 5.74) is 7.17. The molecule has 1 atom stereocenters. The predicted octanol–water partition coefficient (Wildman–Crippen LogP) is 3.39. The summed E-state index contributed by atoms with van der Waals surface area (Å²) in [4.78, 5) is 4.55. The van der Waals surface area contributed by atoms with E-state index in [0.717, 1.165) is 17.9 Å². The van der Waals surface area contributed by atoms with Crippen molar-refractivity contribution in [2.24, 2.45) is 16.1 Å². The van der Waals surface area contributed by atoms with Crippen LogP contribution in [0.2, 0.25) is 0 Å². The van der Waals surface area contributed by atoms with Gasteiger partial charge in [0.25, 0.3) is 0 Å². The van der Waals surface area contributed by atoms with Crippen LogP contribution in [-0.2, 0) is 0 Å². The molecule has 110 valence electrons. The van der Waals surface area contributed by atoms with E-state index in [4.69, 9.17) is 10.5 Å². The number of guanidine groups is 1. The number of nitrogens with two attached hydrogens (primary N) is 1. The fraction of sp³-hybridized carbons (Fsp3) is 0.562. The van der Waals surface area contributed by atoms with Gasteiger partial charge in [0.1, 0.15) is 5.75 Å². The zero-order valence-electron chi connectivity index (χ0n) is 12.8. The van der Waals surface area contributed by atoms with Crippen LogP contribution in [0, 0.1) is 5.41 Å². The lowest BCUT2D eigenvalue weighted by molar-refractivity contribution is 0.145. The average molecular weight is 275 g/mol. The molecule has 1 aromatic rings. The van der Waals surface area contributed by atoms with Gasteiger partial charge in [-0.3, -0.25) is 0 Å². The summed E-state index contributed by atoms with van der Waals surface area (Å²) in [5, 5.41) is 3.13. The molecule has 4 nitrogen and oxygen atoms in total. The second kappa shape index (κ2) is 5.73. The molecule has 0 amide bonds. The van der Waals surface area contributed by atoms with Crippen molar-refractivity contribution in [1.82, 2.24) is 0 Å². The first-order chi connectivity index (χ1) is 9.37. The third-order valence-corrected chi connectivity index (χ3v) is 3.76. The molecule has 0 radical (unpaired) electrons. The summed E-state index contributed by atoms with van der Waals surface area (Å²) < 4.78 is 5.60. The van der Waals surface area contributed by atoms with Gasteiger partial charge in [-0.25, -0.2) is 4.99 Å². The normalized spacial score (nSPS) is 21.4. The molecular weight excluding hydrogens is 250 g/mol. The Hall–Kier alpha value is -1.71. The molecule has 1 unspecified atom stereocenters. The van der Waals surface area contributed by atoms with Crippen LogP contribution >= 0.6 is 0 Å². The molecule has 4 heteroatoms. The van der Waals surface area contributed by atoms with Crippen molar-refractivity contribution in [3.8, 4) is 5.75 Å². The molecule has 1 aliphatic rings. The minimum atomic E-state index is 0.182. The van der Waals surface area contributed by atoms with Gasteiger partial charge < -0.3 is 15.8 Å². The molecule has 0 saturated heterocycles. The van der Waals surface area contributed by atoms with E-state index < -0.39 is 0 Å². The van der Waals surface area contributed by atoms with Crippen molar-refractivity contribution in [2.75, 3.05) is 5.32 Å². The molecule has 0 bridgehead atoms. The first kappa shape index (κ1) is 14.7. The number of hydrogen-bond acceptors (Lipinski definition) is 2. The molecule has 0 aliphatic heterocycles. The largest absolute Gasteiger partial charge is 0.491 e. The van der Waals surface area contributed by atoms with Crippen LogP contribution < -0.4 is 15.8 Å². The molecule has 1 fully saturated rings. The molecule has 1 aromatic carbocycles. The summed E-state index contributed by atoms with van der Waals surface area (Å²) in [6.45, 7) is 8.49. The van der Waals surface area contributed by atoms with Crippen LogP contribution in [0.3, 0.4) is 0 Å². The van der Waals surface area contributed by atoms with Gasteiger partial charge in [0.15, 0.2) is 5.96 Å². The van der Waals surface area contributed by atoms with Gasteiger partial charge in [-0.05, 0) is 56.4 Å². The number of rotatable bonds is 4. The fourth-order valence-electron chi connectivity index (χ4n) is 2.33. The van der Waals surface area contributed by atoms with E-state index in [1.807, 2.05) is 38.1 Å². The van der Waals surface area contributed by atoms with Crippen molar-refractivity contribution in [1.29, 1.82) is 0 Å². The van der Waals surface area contributed by atoms with Crippen LogP contribution in [-0.4, -0.2) is 18.1 Å². The molecular formula is C16H25N3O. The topological polar surface area (TPSA) is 59.6 Å². The van der Waals surface area contributed by atoms with E-state index in [1.54, 1.807) is 0 Å². The standard InChI is InChI=1S/C16H25N3O/c1-11(2)20-13-7-5-12(6-8-13)18-15(17)19-14-9-10-16(14,3)4/h5-8,11,14H,9-10H2,1-4H3,(H3,17,18,19). The van der Waals surface area contributed by atoms with Gasteiger partial charge in [0.2, 0.25) is 0 Å². The van der Waals surface area contributed by atoms with Gasteiger partial charge in [0, 0.05) is 5.69 Å². The summed E-state index contributed by atoms with van der Waals surface area (Å²) in [5.74, 6) is 1.35. The zero-order valence-corrected chi connectivity index (χ0v) is 12.8. The van der Waals surface area contributed by atoms with Crippen molar-refractivity contribution < 1.29 is 4.74 Å². The van der Waals surface area contributed by atoms with Crippen LogP contribution in [0.15, 0.2) is 29.3 Å². The highest BCUT2D eigenvalue weighted by Crippen LogP contribution is 2.42. The Balaban J connectivity index is 1.94.